The van der Waals surface area contributed by atoms with E-state index in [1.165, 1.54) is 0 Å². The lowest BCUT2D eigenvalue weighted by molar-refractivity contribution is -0.125. The second-order valence-electron chi connectivity index (χ2n) is 5.84. The zero-order valence-electron chi connectivity index (χ0n) is 14.8. The van der Waals surface area contributed by atoms with Gasteiger partial charge in [0.2, 0.25) is 0 Å². The number of benzene rings is 2. The second kappa shape index (κ2) is 9.57. The van der Waals surface area contributed by atoms with Crippen LogP contribution < -0.4 is 10.1 Å². The maximum atomic E-state index is 12.4. The summed E-state index contributed by atoms with van der Waals surface area (Å²) in [4.78, 5) is 37.9. The van der Waals surface area contributed by atoms with Gasteiger partial charge in [-0.05, 0) is 47.7 Å². The molecule has 1 aliphatic heterocycles. The maximum Gasteiger partial charge on any atom is 0.293 e. The first-order chi connectivity index (χ1) is 13.5. The third kappa shape index (κ3) is 5.46. The van der Waals surface area contributed by atoms with E-state index in [0.717, 1.165) is 26.7 Å². The molecule has 28 heavy (non-hydrogen) atoms. The van der Waals surface area contributed by atoms with Gasteiger partial charge >= 0.3 is 0 Å². The van der Waals surface area contributed by atoms with Crippen molar-refractivity contribution in [2.45, 2.75) is 0 Å². The highest BCUT2D eigenvalue weighted by Crippen LogP contribution is 2.31. The van der Waals surface area contributed by atoms with Crippen LogP contribution in [0.25, 0.3) is 6.08 Å². The lowest BCUT2D eigenvalue weighted by Crippen LogP contribution is -2.38. The minimum Gasteiger partial charge on any atom is -0.484 e. The molecule has 0 saturated carbocycles. The van der Waals surface area contributed by atoms with Crippen molar-refractivity contribution < 1.29 is 19.1 Å². The fourth-order valence-electron chi connectivity index (χ4n) is 2.43. The molecule has 3 rings (SSSR count). The molecule has 1 heterocycles. The van der Waals surface area contributed by atoms with E-state index < -0.39 is 0 Å². The van der Waals surface area contributed by atoms with Gasteiger partial charge in [-0.15, -0.1) is 0 Å². The average molecular weight is 461 g/mol. The molecule has 8 heteroatoms. The molecule has 0 bridgehead atoms. The second-order valence-corrected chi connectivity index (χ2v) is 7.75. The third-order valence-electron chi connectivity index (χ3n) is 3.81. The zero-order chi connectivity index (χ0) is 19.9. The fraction of sp³-hybridized carbons (Fsp3) is 0.150. The van der Waals surface area contributed by atoms with Crippen molar-refractivity contribution >= 4 is 50.8 Å². The summed E-state index contributed by atoms with van der Waals surface area (Å²) >= 11 is 4.23. The molecule has 1 N–H and O–H groups in total. The molecule has 0 spiro atoms. The molecule has 1 fully saturated rings. The minimum absolute atomic E-state index is 0.112. The van der Waals surface area contributed by atoms with Crippen molar-refractivity contribution in [3.8, 4) is 5.75 Å². The number of rotatable bonds is 7. The van der Waals surface area contributed by atoms with Crippen LogP contribution >= 0.6 is 27.7 Å². The summed E-state index contributed by atoms with van der Waals surface area (Å²) in [6, 6.07) is 16.5. The third-order valence-corrected chi connectivity index (χ3v) is 5.25. The summed E-state index contributed by atoms with van der Waals surface area (Å²) in [5, 5.41) is 2.31. The molecule has 1 saturated heterocycles. The van der Waals surface area contributed by atoms with Crippen LogP contribution in [0.5, 0.6) is 5.75 Å². The fourth-order valence-corrected chi connectivity index (χ4v) is 3.56. The molecule has 1 aliphatic rings. The van der Waals surface area contributed by atoms with Crippen LogP contribution in [-0.4, -0.2) is 41.6 Å². The lowest BCUT2D eigenvalue weighted by Gasteiger charge is -2.13. The van der Waals surface area contributed by atoms with E-state index >= 15 is 0 Å². The predicted molar refractivity (Wildman–Crippen MR) is 112 cm³/mol. The number of hydrogen-bond acceptors (Lipinski definition) is 5. The number of nitrogens with one attached hydrogen (secondary N) is 1. The Morgan fingerprint density at radius 1 is 1.11 bits per heavy atom. The first-order valence-electron chi connectivity index (χ1n) is 8.48. The molecule has 2 aromatic carbocycles. The number of carbonyl (C=O) groups excluding carboxylic acids is 3. The van der Waals surface area contributed by atoms with Crippen molar-refractivity contribution in [3.63, 3.8) is 0 Å². The molecule has 0 atom stereocenters. The van der Waals surface area contributed by atoms with Gasteiger partial charge < -0.3 is 10.1 Å². The molecule has 0 radical (unpaired) electrons. The van der Waals surface area contributed by atoms with Crippen LogP contribution in [0, 0.1) is 0 Å². The van der Waals surface area contributed by atoms with Crippen LogP contribution in [0.1, 0.15) is 5.56 Å². The molecule has 0 aliphatic carbocycles. The summed E-state index contributed by atoms with van der Waals surface area (Å²) in [5.74, 6) is -0.0933. The number of halogens is 1. The summed E-state index contributed by atoms with van der Waals surface area (Å²) < 4.78 is 6.30. The van der Waals surface area contributed by atoms with Gasteiger partial charge in [-0.1, -0.05) is 46.3 Å². The Hall–Kier alpha value is -2.58. The average Bonchev–Trinajstić information content (AvgIpc) is 2.95. The van der Waals surface area contributed by atoms with Crippen LogP contribution in [0.2, 0.25) is 0 Å². The molecule has 2 aromatic rings. The summed E-state index contributed by atoms with van der Waals surface area (Å²) in [6.45, 7) is 0.136. The van der Waals surface area contributed by atoms with Gasteiger partial charge in [0.25, 0.3) is 17.1 Å². The number of amides is 3. The van der Waals surface area contributed by atoms with E-state index in [2.05, 4.69) is 21.2 Å². The van der Waals surface area contributed by atoms with Crippen molar-refractivity contribution in [1.82, 2.24) is 10.2 Å². The highest BCUT2D eigenvalue weighted by Gasteiger charge is 2.34. The SMILES string of the molecule is O=C(COc1ccc(Br)cc1)NCCN1C(=O)S/C(=C\c2ccccc2)C1=O. The number of thioether (sulfide) groups is 1. The number of carbonyl (C=O) groups is 3. The van der Waals surface area contributed by atoms with Gasteiger partial charge in [0.05, 0.1) is 4.91 Å². The first kappa shape index (κ1) is 20.2. The van der Waals surface area contributed by atoms with Gasteiger partial charge in [-0.25, -0.2) is 0 Å². The Labute approximate surface area is 175 Å². The van der Waals surface area contributed by atoms with E-state index in [0.29, 0.717) is 10.7 Å². The van der Waals surface area contributed by atoms with Gasteiger partial charge in [0, 0.05) is 17.6 Å². The van der Waals surface area contributed by atoms with E-state index in [1.54, 1.807) is 18.2 Å². The predicted octanol–water partition coefficient (Wildman–Crippen LogP) is 3.68. The maximum absolute atomic E-state index is 12.4. The normalized spacial score (nSPS) is 15.2. The van der Waals surface area contributed by atoms with Gasteiger partial charge in [-0.3, -0.25) is 19.3 Å². The van der Waals surface area contributed by atoms with Gasteiger partial charge in [0.1, 0.15) is 5.75 Å². The smallest absolute Gasteiger partial charge is 0.293 e. The highest BCUT2D eigenvalue weighted by atomic mass is 79.9. The van der Waals surface area contributed by atoms with E-state index in [1.807, 2.05) is 42.5 Å². The monoisotopic (exact) mass is 460 g/mol. The molecule has 144 valence electrons. The standard InChI is InChI=1S/C20H17BrN2O4S/c21-15-6-8-16(9-7-15)27-13-18(24)22-10-11-23-19(25)17(28-20(23)26)12-14-4-2-1-3-5-14/h1-9,12H,10-11,13H2,(H,22,24)/b17-12-. The largest absolute Gasteiger partial charge is 0.484 e. The lowest BCUT2D eigenvalue weighted by atomic mass is 10.2. The zero-order valence-corrected chi connectivity index (χ0v) is 17.2. The quantitative estimate of drug-likeness (QED) is 0.637. The van der Waals surface area contributed by atoms with Crippen molar-refractivity contribution in [1.29, 1.82) is 0 Å². The molecule has 3 amide bonds. The van der Waals surface area contributed by atoms with Crippen LogP contribution in [-0.2, 0) is 9.59 Å². The summed E-state index contributed by atoms with van der Waals surface area (Å²) in [6.07, 6.45) is 1.69. The summed E-state index contributed by atoms with van der Waals surface area (Å²) in [7, 11) is 0. The topological polar surface area (TPSA) is 75.7 Å². The van der Waals surface area contributed by atoms with E-state index in [9.17, 15) is 14.4 Å². The van der Waals surface area contributed by atoms with Crippen LogP contribution in [0.3, 0.4) is 0 Å². The van der Waals surface area contributed by atoms with E-state index in [-0.39, 0.29) is 36.7 Å². The van der Waals surface area contributed by atoms with Crippen molar-refractivity contribution in [2.24, 2.45) is 0 Å². The molecular formula is C20H17BrN2O4S. The number of ether oxygens (including phenoxy) is 1. The Kier molecular flexibility index (Phi) is 6.89. The Morgan fingerprint density at radius 2 is 1.82 bits per heavy atom. The number of hydrogen-bond donors (Lipinski definition) is 1. The van der Waals surface area contributed by atoms with E-state index in [4.69, 9.17) is 4.74 Å². The molecular weight excluding hydrogens is 444 g/mol. The van der Waals surface area contributed by atoms with Gasteiger partial charge in [-0.2, -0.15) is 0 Å². The summed E-state index contributed by atoms with van der Waals surface area (Å²) in [5.41, 5.74) is 0.853. The Morgan fingerprint density at radius 3 is 2.54 bits per heavy atom. The minimum atomic E-state index is -0.348. The molecule has 0 unspecified atom stereocenters. The highest BCUT2D eigenvalue weighted by molar-refractivity contribution is 9.10. The Bertz CT molecular complexity index is 900. The van der Waals surface area contributed by atoms with Crippen LogP contribution in [0.4, 0.5) is 4.79 Å². The number of imide groups is 1. The number of nitrogens with zero attached hydrogens (tertiary/aromatic N) is 1. The Balaban J connectivity index is 1.46. The van der Waals surface area contributed by atoms with Gasteiger partial charge in [0.15, 0.2) is 6.61 Å². The van der Waals surface area contributed by atoms with Crippen molar-refractivity contribution in [2.75, 3.05) is 19.7 Å². The molecule has 0 aromatic heterocycles. The van der Waals surface area contributed by atoms with Crippen LogP contribution in [0.15, 0.2) is 64.0 Å². The molecule has 6 nitrogen and oxygen atoms in total. The van der Waals surface area contributed by atoms with Crippen molar-refractivity contribution in [3.05, 3.63) is 69.5 Å². The first-order valence-corrected chi connectivity index (χ1v) is 10.1.